The van der Waals surface area contributed by atoms with E-state index in [1.807, 2.05) is 4.98 Å². The van der Waals surface area contributed by atoms with Gasteiger partial charge in [0, 0.05) is 18.2 Å². The van der Waals surface area contributed by atoms with Gasteiger partial charge in [0.15, 0.2) is 0 Å². The molecule has 0 spiro atoms. The van der Waals surface area contributed by atoms with Gasteiger partial charge in [-0.2, -0.15) is 0 Å². The van der Waals surface area contributed by atoms with E-state index in [4.69, 9.17) is 5.11 Å². The molecule has 1 aliphatic rings. The molecule has 7 heteroatoms. The van der Waals surface area contributed by atoms with E-state index < -0.39 is 35.7 Å². The van der Waals surface area contributed by atoms with Gasteiger partial charge in [-0.3, -0.25) is 14.3 Å². The van der Waals surface area contributed by atoms with Gasteiger partial charge in [-0.1, -0.05) is 0 Å². The summed E-state index contributed by atoms with van der Waals surface area (Å²) in [6.07, 6.45) is 1.32. The second-order valence-electron chi connectivity index (χ2n) is 4.16. The smallest absolute Gasteiger partial charge is 0.328 e. The summed E-state index contributed by atoms with van der Waals surface area (Å²) in [5, 5.41) is 8.85. The number of aromatic nitrogens is 2. The minimum atomic E-state index is -3.14. The third-order valence-electron chi connectivity index (χ3n) is 3.18. The molecule has 2 atom stereocenters. The van der Waals surface area contributed by atoms with E-state index >= 15 is 0 Å². The number of aliphatic hydroxyl groups excluding tert-OH is 1. The van der Waals surface area contributed by atoms with Crippen LogP contribution in [0.4, 0.5) is 8.78 Å². The summed E-state index contributed by atoms with van der Waals surface area (Å²) in [4.78, 5) is 24.2. The van der Waals surface area contributed by atoms with E-state index in [-0.39, 0.29) is 12.8 Å². The molecule has 1 saturated carbocycles. The largest absolute Gasteiger partial charge is 0.396 e. The zero-order valence-electron chi connectivity index (χ0n) is 8.90. The number of aromatic amines is 1. The van der Waals surface area contributed by atoms with Crippen molar-refractivity contribution in [1.29, 1.82) is 0 Å². The first-order valence-electron chi connectivity index (χ1n) is 5.27. The van der Waals surface area contributed by atoms with Gasteiger partial charge in [0.25, 0.3) is 11.5 Å². The number of nitrogens with zero attached hydrogens (tertiary/aromatic N) is 1. The number of H-pyrrole nitrogens is 1. The summed E-state index contributed by atoms with van der Waals surface area (Å²) in [5.74, 6) is -4.28. The van der Waals surface area contributed by atoms with E-state index in [2.05, 4.69) is 0 Å². The van der Waals surface area contributed by atoms with Crippen molar-refractivity contribution >= 4 is 0 Å². The van der Waals surface area contributed by atoms with E-state index in [9.17, 15) is 18.4 Å². The molecule has 0 aromatic carbocycles. The third-order valence-corrected chi connectivity index (χ3v) is 3.18. The number of nitrogens with one attached hydrogen (secondary N) is 1. The van der Waals surface area contributed by atoms with Crippen LogP contribution >= 0.6 is 0 Å². The molecule has 1 aromatic rings. The fourth-order valence-corrected chi connectivity index (χ4v) is 2.23. The number of hydrogen-bond acceptors (Lipinski definition) is 3. The Morgan fingerprint density at radius 3 is 2.71 bits per heavy atom. The summed E-state index contributed by atoms with van der Waals surface area (Å²) < 4.78 is 28.5. The summed E-state index contributed by atoms with van der Waals surface area (Å²) in [5.41, 5.74) is -1.47. The van der Waals surface area contributed by atoms with Gasteiger partial charge in [0.1, 0.15) is 6.04 Å². The maximum Gasteiger partial charge on any atom is 0.328 e. The first-order valence-corrected chi connectivity index (χ1v) is 5.27. The molecule has 2 N–H and O–H groups in total. The van der Waals surface area contributed by atoms with Crippen LogP contribution in [-0.4, -0.2) is 27.2 Å². The first-order chi connectivity index (χ1) is 7.96. The van der Waals surface area contributed by atoms with Crippen LogP contribution in [0.15, 0.2) is 21.9 Å². The normalized spacial score (nSPS) is 27.2. The lowest BCUT2D eigenvalue weighted by Gasteiger charge is -2.24. The van der Waals surface area contributed by atoms with Crippen molar-refractivity contribution in [2.75, 3.05) is 6.61 Å². The van der Waals surface area contributed by atoms with Gasteiger partial charge in [-0.25, -0.2) is 13.6 Å². The SMILES string of the molecule is O=c1ccn(C2CCC(CO)C2(F)F)c(=O)[nH]1. The predicted octanol–water partition coefficient (Wildman–Crippen LogP) is 0.115. The van der Waals surface area contributed by atoms with E-state index in [1.54, 1.807) is 0 Å². The zero-order chi connectivity index (χ0) is 12.6. The van der Waals surface area contributed by atoms with Gasteiger partial charge in [-0.05, 0) is 12.8 Å². The fourth-order valence-electron chi connectivity index (χ4n) is 2.23. The second kappa shape index (κ2) is 4.06. The van der Waals surface area contributed by atoms with Crippen LogP contribution in [0.3, 0.4) is 0 Å². The highest BCUT2D eigenvalue weighted by Crippen LogP contribution is 2.46. The Kier molecular flexibility index (Phi) is 2.86. The lowest BCUT2D eigenvalue weighted by molar-refractivity contribution is -0.0848. The second-order valence-corrected chi connectivity index (χ2v) is 4.16. The molecule has 94 valence electrons. The van der Waals surface area contributed by atoms with Crippen molar-refractivity contribution < 1.29 is 13.9 Å². The minimum Gasteiger partial charge on any atom is -0.396 e. The molecule has 1 aromatic heterocycles. The van der Waals surface area contributed by atoms with E-state index in [0.29, 0.717) is 0 Å². The Morgan fingerprint density at radius 1 is 1.47 bits per heavy atom. The van der Waals surface area contributed by atoms with Crippen LogP contribution in [0, 0.1) is 5.92 Å². The number of alkyl halides is 2. The maximum absolute atomic E-state index is 13.8. The van der Waals surface area contributed by atoms with Crippen molar-refractivity contribution in [3.05, 3.63) is 33.1 Å². The zero-order valence-corrected chi connectivity index (χ0v) is 8.90. The van der Waals surface area contributed by atoms with Crippen LogP contribution in [0.2, 0.25) is 0 Å². The number of hydrogen-bond donors (Lipinski definition) is 2. The Morgan fingerprint density at radius 2 is 2.18 bits per heavy atom. The highest BCUT2D eigenvalue weighted by molar-refractivity contribution is 4.98. The van der Waals surface area contributed by atoms with Crippen LogP contribution in [-0.2, 0) is 0 Å². The Bertz CT molecular complexity index is 523. The van der Waals surface area contributed by atoms with Crippen LogP contribution in [0.5, 0.6) is 0 Å². The molecule has 0 amide bonds. The van der Waals surface area contributed by atoms with Gasteiger partial charge >= 0.3 is 5.69 Å². The molecule has 1 heterocycles. The van der Waals surface area contributed by atoms with Crippen LogP contribution < -0.4 is 11.2 Å². The quantitative estimate of drug-likeness (QED) is 0.778. The Balaban J connectivity index is 2.42. The Hall–Kier alpha value is -1.50. The lowest BCUT2D eigenvalue weighted by atomic mass is 10.1. The van der Waals surface area contributed by atoms with E-state index in [1.165, 1.54) is 0 Å². The molecule has 0 radical (unpaired) electrons. The van der Waals surface area contributed by atoms with E-state index in [0.717, 1.165) is 16.8 Å². The molecule has 1 fully saturated rings. The monoisotopic (exact) mass is 246 g/mol. The summed E-state index contributed by atoms with van der Waals surface area (Å²) >= 11 is 0. The number of aliphatic hydroxyl groups is 1. The first kappa shape index (κ1) is 12.0. The van der Waals surface area contributed by atoms with Crippen molar-refractivity contribution in [1.82, 2.24) is 9.55 Å². The lowest BCUT2D eigenvalue weighted by Crippen LogP contribution is -2.40. The molecule has 1 aliphatic carbocycles. The Labute approximate surface area is 94.7 Å². The van der Waals surface area contributed by atoms with Crippen molar-refractivity contribution in [2.45, 2.75) is 24.8 Å². The molecule has 0 bridgehead atoms. The maximum atomic E-state index is 13.8. The molecule has 5 nitrogen and oxygen atoms in total. The van der Waals surface area contributed by atoms with Crippen molar-refractivity contribution in [3.63, 3.8) is 0 Å². The molecule has 2 unspecified atom stereocenters. The molecule has 17 heavy (non-hydrogen) atoms. The van der Waals surface area contributed by atoms with Crippen molar-refractivity contribution in [3.8, 4) is 0 Å². The van der Waals surface area contributed by atoms with Gasteiger partial charge in [0.05, 0.1) is 6.61 Å². The summed E-state index contributed by atoms with van der Waals surface area (Å²) in [6.45, 7) is -0.610. The molecule has 0 aliphatic heterocycles. The topological polar surface area (TPSA) is 75.1 Å². The third kappa shape index (κ3) is 1.90. The molecule has 0 saturated heterocycles. The average Bonchev–Trinajstić information content (AvgIpc) is 2.54. The highest BCUT2D eigenvalue weighted by atomic mass is 19.3. The van der Waals surface area contributed by atoms with Crippen molar-refractivity contribution in [2.24, 2.45) is 5.92 Å². The number of halogens is 2. The molecular formula is C10H12F2N2O3. The average molecular weight is 246 g/mol. The standard InChI is InChI=1S/C10H12F2N2O3/c11-10(12)6(5-15)1-2-7(10)14-4-3-8(16)13-9(14)17/h3-4,6-7,15H,1-2,5H2,(H,13,16,17). The van der Waals surface area contributed by atoms with Crippen LogP contribution in [0.1, 0.15) is 18.9 Å². The summed E-state index contributed by atoms with van der Waals surface area (Å²) in [7, 11) is 0. The van der Waals surface area contributed by atoms with Crippen LogP contribution in [0.25, 0.3) is 0 Å². The molecular weight excluding hydrogens is 234 g/mol. The van der Waals surface area contributed by atoms with Gasteiger partial charge in [-0.15, -0.1) is 0 Å². The molecule has 2 rings (SSSR count). The highest BCUT2D eigenvalue weighted by Gasteiger charge is 2.52. The number of rotatable bonds is 2. The van der Waals surface area contributed by atoms with Gasteiger partial charge < -0.3 is 5.11 Å². The van der Waals surface area contributed by atoms with Gasteiger partial charge in [0.2, 0.25) is 0 Å². The minimum absolute atomic E-state index is 0.101. The summed E-state index contributed by atoms with van der Waals surface area (Å²) in [6, 6.07) is -0.270. The fraction of sp³-hybridized carbons (Fsp3) is 0.600. The predicted molar refractivity (Wildman–Crippen MR) is 55.1 cm³/mol.